The van der Waals surface area contributed by atoms with Gasteiger partial charge >= 0.3 is 0 Å². The number of anilines is 1. The average Bonchev–Trinajstić information content (AvgIpc) is 2.60. The van der Waals surface area contributed by atoms with Gasteiger partial charge in [0.15, 0.2) is 5.16 Å². The van der Waals surface area contributed by atoms with Crippen LogP contribution in [-0.2, 0) is 22.6 Å². The van der Waals surface area contributed by atoms with Gasteiger partial charge in [0, 0.05) is 35.7 Å². The van der Waals surface area contributed by atoms with Gasteiger partial charge < -0.3 is 10.1 Å². The molecule has 1 aromatic heterocycles. The molecule has 0 bridgehead atoms. The lowest BCUT2D eigenvalue weighted by molar-refractivity contribution is -0.116. The maximum absolute atomic E-state index is 12.4. The molecule has 134 valence electrons. The van der Waals surface area contributed by atoms with E-state index < -0.39 is 0 Å². The average molecular weight is 359 g/mol. The molecule has 0 radical (unpaired) electrons. The molecule has 1 heterocycles. The molecular formula is C19H25N3O2S. The minimum Gasteiger partial charge on any atom is -0.377 e. The number of thioether (sulfide) groups is 1. The standard InChI is InChI=1S/C19H25N3O2S/c1-5-24-12-15-8-6-7-9-17(15)22-18(23)11-10-16-13(2)20-19(25-4)21-14(16)3/h6-9H,5,10-12H2,1-4H3,(H,22,23). The van der Waals surface area contributed by atoms with Crippen LogP contribution in [0.3, 0.4) is 0 Å². The van der Waals surface area contributed by atoms with Crippen molar-refractivity contribution < 1.29 is 9.53 Å². The van der Waals surface area contributed by atoms with Crippen molar-refractivity contribution in [3.63, 3.8) is 0 Å². The molecule has 1 aromatic carbocycles. The lowest BCUT2D eigenvalue weighted by Gasteiger charge is -2.12. The summed E-state index contributed by atoms with van der Waals surface area (Å²) in [5, 5.41) is 3.76. The smallest absolute Gasteiger partial charge is 0.224 e. The van der Waals surface area contributed by atoms with Crippen molar-refractivity contribution in [3.8, 4) is 0 Å². The Morgan fingerprint density at radius 3 is 2.52 bits per heavy atom. The van der Waals surface area contributed by atoms with E-state index in [1.54, 1.807) is 0 Å². The van der Waals surface area contributed by atoms with Crippen molar-refractivity contribution in [2.75, 3.05) is 18.2 Å². The first-order valence-corrected chi connectivity index (χ1v) is 9.61. The molecule has 0 aliphatic carbocycles. The zero-order chi connectivity index (χ0) is 18.2. The highest BCUT2D eigenvalue weighted by Gasteiger charge is 2.12. The Morgan fingerprint density at radius 1 is 1.20 bits per heavy atom. The van der Waals surface area contributed by atoms with Crippen LogP contribution < -0.4 is 5.32 Å². The van der Waals surface area contributed by atoms with Crippen LogP contribution in [-0.4, -0.2) is 28.7 Å². The van der Waals surface area contributed by atoms with E-state index in [9.17, 15) is 4.79 Å². The Labute approximate surface area is 153 Å². The molecule has 0 atom stereocenters. The van der Waals surface area contributed by atoms with Gasteiger partial charge in [-0.3, -0.25) is 4.79 Å². The lowest BCUT2D eigenvalue weighted by atomic mass is 10.1. The van der Waals surface area contributed by atoms with E-state index >= 15 is 0 Å². The molecule has 6 heteroatoms. The molecule has 1 amide bonds. The number of nitrogens with zero attached hydrogens (tertiary/aromatic N) is 2. The van der Waals surface area contributed by atoms with E-state index in [-0.39, 0.29) is 5.91 Å². The summed E-state index contributed by atoms with van der Waals surface area (Å²) in [6.07, 6.45) is 2.99. The van der Waals surface area contributed by atoms with Gasteiger partial charge in [-0.2, -0.15) is 0 Å². The third-order valence-electron chi connectivity index (χ3n) is 3.94. The van der Waals surface area contributed by atoms with E-state index in [0.29, 0.717) is 26.1 Å². The SMILES string of the molecule is CCOCc1ccccc1NC(=O)CCc1c(C)nc(SC)nc1C. The summed E-state index contributed by atoms with van der Waals surface area (Å²) in [7, 11) is 0. The van der Waals surface area contributed by atoms with Gasteiger partial charge in [0.25, 0.3) is 0 Å². The molecule has 0 aliphatic heterocycles. The van der Waals surface area contributed by atoms with Crippen molar-refractivity contribution in [2.24, 2.45) is 0 Å². The van der Waals surface area contributed by atoms with Crippen LogP contribution in [0.15, 0.2) is 29.4 Å². The van der Waals surface area contributed by atoms with Crippen LogP contribution in [0.25, 0.3) is 0 Å². The number of nitrogens with one attached hydrogen (secondary N) is 1. The lowest BCUT2D eigenvalue weighted by Crippen LogP contribution is -2.15. The van der Waals surface area contributed by atoms with Gasteiger partial charge in [0.1, 0.15) is 0 Å². The van der Waals surface area contributed by atoms with Gasteiger partial charge in [-0.05, 0) is 45.1 Å². The molecule has 0 fully saturated rings. The Balaban J connectivity index is 2.00. The van der Waals surface area contributed by atoms with Crippen LogP contribution in [0.2, 0.25) is 0 Å². The molecule has 2 rings (SSSR count). The maximum atomic E-state index is 12.4. The van der Waals surface area contributed by atoms with E-state index in [1.807, 2.05) is 51.3 Å². The number of hydrogen-bond donors (Lipinski definition) is 1. The van der Waals surface area contributed by atoms with E-state index in [4.69, 9.17) is 4.74 Å². The normalized spacial score (nSPS) is 10.7. The topological polar surface area (TPSA) is 64.1 Å². The van der Waals surface area contributed by atoms with E-state index in [2.05, 4.69) is 15.3 Å². The van der Waals surface area contributed by atoms with Crippen molar-refractivity contribution in [3.05, 3.63) is 46.8 Å². The number of aryl methyl sites for hydroxylation is 2. The van der Waals surface area contributed by atoms with Crippen LogP contribution in [0.5, 0.6) is 0 Å². The Bertz CT molecular complexity index is 711. The second kappa shape index (κ2) is 9.53. The summed E-state index contributed by atoms with van der Waals surface area (Å²) in [4.78, 5) is 21.3. The highest BCUT2D eigenvalue weighted by Crippen LogP contribution is 2.19. The Morgan fingerprint density at radius 2 is 1.88 bits per heavy atom. The second-order valence-electron chi connectivity index (χ2n) is 5.70. The molecule has 0 saturated carbocycles. The van der Waals surface area contributed by atoms with Gasteiger partial charge in [-0.25, -0.2) is 9.97 Å². The fraction of sp³-hybridized carbons (Fsp3) is 0.421. The van der Waals surface area contributed by atoms with Gasteiger partial charge in [0.2, 0.25) is 5.91 Å². The zero-order valence-corrected chi connectivity index (χ0v) is 16.1. The van der Waals surface area contributed by atoms with E-state index in [1.165, 1.54) is 11.8 Å². The van der Waals surface area contributed by atoms with Crippen LogP contribution in [0.4, 0.5) is 5.69 Å². The second-order valence-corrected chi connectivity index (χ2v) is 6.48. The summed E-state index contributed by atoms with van der Waals surface area (Å²) in [6.45, 7) is 7.04. The molecule has 0 spiro atoms. The zero-order valence-electron chi connectivity index (χ0n) is 15.3. The summed E-state index contributed by atoms with van der Waals surface area (Å²) in [5.74, 6) is -0.0170. The summed E-state index contributed by atoms with van der Waals surface area (Å²) in [6, 6.07) is 7.73. The molecule has 5 nitrogen and oxygen atoms in total. The van der Waals surface area contributed by atoms with Crippen molar-refractivity contribution in [1.82, 2.24) is 9.97 Å². The molecule has 0 unspecified atom stereocenters. The van der Waals surface area contributed by atoms with Gasteiger partial charge in [-0.1, -0.05) is 30.0 Å². The number of hydrogen-bond acceptors (Lipinski definition) is 5. The maximum Gasteiger partial charge on any atom is 0.224 e. The number of para-hydroxylation sites is 1. The minimum atomic E-state index is -0.0170. The molecular weight excluding hydrogens is 334 g/mol. The number of benzene rings is 1. The predicted molar refractivity (Wildman–Crippen MR) is 102 cm³/mol. The molecule has 0 saturated heterocycles. The Hall–Kier alpha value is -1.92. The largest absolute Gasteiger partial charge is 0.377 e. The predicted octanol–water partition coefficient (Wildman–Crippen LogP) is 3.92. The highest BCUT2D eigenvalue weighted by atomic mass is 32.2. The number of carbonyl (C=O) groups is 1. The minimum absolute atomic E-state index is 0.0170. The summed E-state index contributed by atoms with van der Waals surface area (Å²) >= 11 is 1.53. The monoisotopic (exact) mass is 359 g/mol. The van der Waals surface area contributed by atoms with E-state index in [0.717, 1.165) is 33.4 Å². The van der Waals surface area contributed by atoms with Crippen molar-refractivity contribution in [2.45, 2.75) is 45.4 Å². The number of carbonyl (C=O) groups excluding carboxylic acids is 1. The fourth-order valence-electron chi connectivity index (χ4n) is 2.59. The Kier molecular flexibility index (Phi) is 7.40. The molecule has 25 heavy (non-hydrogen) atoms. The number of rotatable bonds is 8. The number of aromatic nitrogens is 2. The number of amides is 1. The van der Waals surface area contributed by atoms with Crippen LogP contribution >= 0.6 is 11.8 Å². The molecule has 0 aliphatic rings. The highest BCUT2D eigenvalue weighted by molar-refractivity contribution is 7.98. The number of ether oxygens (including phenoxy) is 1. The summed E-state index contributed by atoms with van der Waals surface area (Å²) in [5.41, 5.74) is 4.74. The van der Waals surface area contributed by atoms with Crippen LogP contribution in [0.1, 0.15) is 35.9 Å². The molecule has 1 N–H and O–H groups in total. The quantitative estimate of drug-likeness (QED) is 0.572. The van der Waals surface area contributed by atoms with Crippen LogP contribution in [0, 0.1) is 13.8 Å². The third-order valence-corrected chi connectivity index (χ3v) is 4.49. The first-order chi connectivity index (χ1) is 12.0. The summed E-state index contributed by atoms with van der Waals surface area (Å²) < 4.78 is 5.45. The van der Waals surface area contributed by atoms with Crippen molar-refractivity contribution in [1.29, 1.82) is 0 Å². The first kappa shape index (κ1) is 19.4. The third kappa shape index (κ3) is 5.54. The van der Waals surface area contributed by atoms with Crippen molar-refractivity contribution >= 4 is 23.4 Å². The fourth-order valence-corrected chi connectivity index (χ4v) is 3.05. The van der Waals surface area contributed by atoms with Gasteiger partial charge in [0.05, 0.1) is 6.61 Å². The molecule has 2 aromatic rings. The first-order valence-electron chi connectivity index (χ1n) is 8.38. The van der Waals surface area contributed by atoms with Gasteiger partial charge in [-0.15, -0.1) is 0 Å².